The van der Waals surface area contributed by atoms with E-state index in [1.165, 1.54) is 0 Å². The normalized spacial score (nSPS) is 13.2. The van der Waals surface area contributed by atoms with Crippen molar-refractivity contribution in [1.82, 2.24) is 5.43 Å². The van der Waals surface area contributed by atoms with Crippen molar-refractivity contribution in [3.63, 3.8) is 0 Å². The molecule has 5 nitrogen and oxygen atoms in total. The van der Waals surface area contributed by atoms with Crippen LogP contribution in [0.1, 0.15) is 11.1 Å². The summed E-state index contributed by atoms with van der Waals surface area (Å²) in [5.41, 5.74) is 6.80. The van der Waals surface area contributed by atoms with E-state index in [9.17, 15) is 0 Å². The van der Waals surface area contributed by atoms with Gasteiger partial charge >= 0.3 is 0 Å². The molecule has 0 saturated heterocycles. The van der Waals surface area contributed by atoms with Crippen molar-refractivity contribution in [1.29, 1.82) is 5.26 Å². The highest BCUT2D eigenvalue weighted by atomic mass is 15.9. The highest BCUT2D eigenvalue weighted by Crippen LogP contribution is 2.25. The fourth-order valence-corrected chi connectivity index (χ4v) is 2.61. The molecule has 5 heteroatoms. The van der Waals surface area contributed by atoms with Crippen molar-refractivity contribution in [2.45, 2.75) is 0 Å². The standard InChI is InChI=1S/C20H15N5/c21-15-16-11-13-17(14-12-16)20-22-24(18-7-3-1-4-8-18)25(23-20)19-9-5-2-6-10-19/h1-14H,(H,22,23). The SMILES string of the molecule is N#Cc1ccc(C2=NN(c3ccccc3)N(c3ccccc3)N2)cc1. The molecular weight excluding hydrogens is 310 g/mol. The highest BCUT2D eigenvalue weighted by Gasteiger charge is 2.26. The summed E-state index contributed by atoms with van der Waals surface area (Å²) in [6, 6.07) is 29.4. The number of hydrogen-bond donors (Lipinski definition) is 1. The van der Waals surface area contributed by atoms with E-state index in [1.54, 1.807) is 12.1 Å². The van der Waals surface area contributed by atoms with Crippen LogP contribution >= 0.6 is 0 Å². The fraction of sp³-hybridized carbons (Fsp3) is 0. The number of hydrogen-bond acceptors (Lipinski definition) is 5. The maximum Gasteiger partial charge on any atom is 0.176 e. The molecule has 0 aliphatic carbocycles. The maximum absolute atomic E-state index is 8.96. The van der Waals surface area contributed by atoms with Crippen LogP contribution in [0, 0.1) is 11.3 Å². The van der Waals surface area contributed by atoms with Crippen molar-refractivity contribution >= 4 is 17.2 Å². The molecule has 0 unspecified atom stereocenters. The topological polar surface area (TPSA) is 54.7 Å². The lowest BCUT2D eigenvalue weighted by Crippen LogP contribution is -2.44. The van der Waals surface area contributed by atoms with Crippen LogP contribution in [0.15, 0.2) is 90.0 Å². The number of hydrazone groups is 1. The minimum absolute atomic E-state index is 0.627. The average Bonchev–Trinajstić information content (AvgIpc) is 3.15. The van der Waals surface area contributed by atoms with Gasteiger partial charge in [-0.2, -0.15) is 15.5 Å². The van der Waals surface area contributed by atoms with Crippen LogP contribution < -0.4 is 15.7 Å². The van der Waals surface area contributed by atoms with Crippen molar-refractivity contribution in [3.05, 3.63) is 96.1 Å². The molecule has 3 aromatic carbocycles. The minimum Gasteiger partial charge on any atom is -0.259 e. The molecule has 1 N–H and O–H groups in total. The lowest BCUT2D eigenvalue weighted by Gasteiger charge is -2.27. The lowest BCUT2D eigenvalue weighted by molar-refractivity contribution is 0.771. The van der Waals surface area contributed by atoms with Gasteiger partial charge in [-0.25, -0.2) is 0 Å². The van der Waals surface area contributed by atoms with E-state index in [0.717, 1.165) is 22.8 Å². The van der Waals surface area contributed by atoms with Crippen LogP contribution in [0.5, 0.6) is 0 Å². The van der Waals surface area contributed by atoms with Crippen LogP contribution in [0.3, 0.4) is 0 Å². The molecule has 1 aliphatic rings. The molecule has 0 radical (unpaired) electrons. The second-order valence-corrected chi connectivity index (χ2v) is 5.52. The molecule has 25 heavy (non-hydrogen) atoms. The van der Waals surface area contributed by atoms with Crippen LogP contribution in [-0.4, -0.2) is 5.84 Å². The molecule has 0 amide bonds. The Balaban J connectivity index is 1.73. The Morgan fingerprint density at radius 1 is 0.760 bits per heavy atom. The Morgan fingerprint density at radius 2 is 1.36 bits per heavy atom. The molecule has 0 atom stereocenters. The van der Waals surface area contributed by atoms with Gasteiger partial charge in [0, 0.05) is 5.56 Å². The number of hydrazine groups is 2. The number of para-hydroxylation sites is 2. The summed E-state index contributed by atoms with van der Waals surface area (Å²) in [6.45, 7) is 0. The highest BCUT2D eigenvalue weighted by molar-refractivity contribution is 6.02. The van der Waals surface area contributed by atoms with E-state index < -0.39 is 0 Å². The first-order valence-corrected chi connectivity index (χ1v) is 7.91. The van der Waals surface area contributed by atoms with Gasteiger partial charge in [0.15, 0.2) is 5.84 Å². The molecule has 0 saturated carbocycles. The van der Waals surface area contributed by atoms with Gasteiger partial charge in [0.25, 0.3) is 0 Å². The molecule has 0 aromatic heterocycles. The maximum atomic E-state index is 8.96. The molecular formula is C20H15N5. The number of rotatable bonds is 3. The Bertz CT molecular complexity index is 927. The summed E-state index contributed by atoms with van der Waals surface area (Å²) < 4.78 is 0. The quantitative estimate of drug-likeness (QED) is 0.798. The van der Waals surface area contributed by atoms with Crippen LogP contribution in [-0.2, 0) is 0 Å². The third-order valence-electron chi connectivity index (χ3n) is 3.87. The first-order valence-electron chi connectivity index (χ1n) is 7.91. The van der Waals surface area contributed by atoms with E-state index >= 15 is 0 Å². The van der Waals surface area contributed by atoms with E-state index in [1.807, 2.05) is 83.0 Å². The van der Waals surface area contributed by atoms with Crippen LogP contribution in [0.4, 0.5) is 11.4 Å². The van der Waals surface area contributed by atoms with Gasteiger partial charge in [-0.05, 0) is 48.5 Å². The molecule has 0 fully saturated rings. The Labute approximate surface area is 146 Å². The van der Waals surface area contributed by atoms with Gasteiger partial charge in [-0.1, -0.05) is 36.4 Å². The predicted octanol–water partition coefficient (Wildman–Crippen LogP) is 3.67. The molecule has 0 spiro atoms. The Kier molecular flexibility index (Phi) is 3.77. The first kappa shape index (κ1) is 14.8. The van der Waals surface area contributed by atoms with E-state index in [0.29, 0.717) is 5.56 Å². The average molecular weight is 325 g/mol. The molecule has 120 valence electrons. The number of benzene rings is 3. The fourth-order valence-electron chi connectivity index (χ4n) is 2.61. The lowest BCUT2D eigenvalue weighted by atomic mass is 10.1. The summed E-state index contributed by atoms with van der Waals surface area (Å²) in [4.78, 5) is 0. The van der Waals surface area contributed by atoms with Gasteiger partial charge in [0.1, 0.15) is 0 Å². The zero-order chi connectivity index (χ0) is 17.1. The summed E-state index contributed by atoms with van der Waals surface area (Å²) in [5, 5.41) is 17.4. The van der Waals surface area contributed by atoms with E-state index in [4.69, 9.17) is 10.4 Å². The van der Waals surface area contributed by atoms with Gasteiger partial charge in [0.05, 0.1) is 23.0 Å². The summed E-state index contributed by atoms with van der Waals surface area (Å²) in [7, 11) is 0. The summed E-state index contributed by atoms with van der Waals surface area (Å²) in [6.07, 6.45) is 0. The molecule has 3 aromatic rings. The Hall–Kier alpha value is -3.78. The second kappa shape index (κ2) is 6.38. The van der Waals surface area contributed by atoms with E-state index in [2.05, 4.69) is 11.5 Å². The predicted molar refractivity (Wildman–Crippen MR) is 98.7 cm³/mol. The smallest absolute Gasteiger partial charge is 0.176 e. The zero-order valence-corrected chi connectivity index (χ0v) is 13.4. The van der Waals surface area contributed by atoms with E-state index in [-0.39, 0.29) is 0 Å². The largest absolute Gasteiger partial charge is 0.259 e. The summed E-state index contributed by atoms with van der Waals surface area (Å²) >= 11 is 0. The van der Waals surface area contributed by atoms with Crippen molar-refractivity contribution in [2.75, 3.05) is 10.2 Å². The first-order chi connectivity index (χ1) is 12.3. The monoisotopic (exact) mass is 325 g/mol. The third kappa shape index (κ3) is 2.89. The zero-order valence-electron chi connectivity index (χ0n) is 13.4. The Morgan fingerprint density at radius 3 is 1.96 bits per heavy atom. The van der Waals surface area contributed by atoms with Gasteiger partial charge in [-0.15, -0.1) is 5.10 Å². The molecule has 0 bridgehead atoms. The summed E-state index contributed by atoms with van der Waals surface area (Å²) in [5.74, 6) is 0.720. The van der Waals surface area contributed by atoms with Crippen LogP contribution in [0.2, 0.25) is 0 Å². The van der Waals surface area contributed by atoms with Crippen molar-refractivity contribution in [3.8, 4) is 6.07 Å². The molecule has 1 aliphatic heterocycles. The van der Waals surface area contributed by atoms with Crippen molar-refractivity contribution < 1.29 is 0 Å². The number of amidine groups is 1. The molecule has 1 heterocycles. The van der Waals surface area contributed by atoms with Crippen LogP contribution in [0.25, 0.3) is 0 Å². The number of nitriles is 1. The minimum atomic E-state index is 0.627. The number of anilines is 2. The second-order valence-electron chi connectivity index (χ2n) is 5.52. The molecule has 4 rings (SSSR count). The van der Waals surface area contributed by atoms with Gasteiger partial charge in [0.2, 0.25) is 0 Å². The van der Waals surface area contributed by atoms with Gasteiger partial charge < -0.3 is 0 Å². The number of nitrogens with zero attached hydrogens (tertiary/aromatic N) is 4. The van der Waals surface area contributed by atoms with Crippen molar-refractivity contribution in [2.24, 2.45) is 5.10 Å². The van der Waals surface area contributed by atoms with Gasteiger partial charge in [-0.3, -0.25) is 5.43 Å². The third-order valence-corrected chi connectivity index (χ3v) is 3.87. The number of nitrogens with one attached hydrogen (secondary N) is 1.